The highest BCUT2D eigenvalue weighted by Gasteiger charge is 2.37. The lowest BCUT2D eigenvalue weighted by Crippen LogP contribution is -2.33. The van der Waals surface area contributed by atoms with E-state index in [9.17, 15) is 0 Å². The molecule has 0 bridgehead atoms. The van der Waals surface area contributed by atoms with Gasteiger partial charge in [0.25, 0.3) is 0 Å². The molecule has 2 heteroatoms. The molecular weight excluding hydrogens is 408 g/mol. The van der Waals surface area contributed by atoms with Gasteiger partial charge in [0.15, 0.2) is 0 Å². The smallest absolute Gasteiger partial charge is 0.143 e. The van der Waals surface area contributed by atoms with E-state index in [1.807, 2.05) is 0 Å². The summed E-state index contributed by atoms with van der Waals surface area (Å²) in [6.45, 7) is 0.743. The van der Waals surface area contributed by atoms with E-state index in [1.54, 1.807) is 0 Å². The lowest BCUT2D eigenvalue weighted by atomic mass is 9.80. The predicted molar refractivity (Wildman–Crippen MR) is 122 cm³/mol. The molecular formula is C26H29BrO. The van der Waals surface area contributed by atoms with Crippen LogP contribution in [0.3, 0.4) is 0 Å². The summed E-state index contributed by atoms with van der Waals surface area (Å²) in [6, 6.07) is 31.8. The van der Waals surface area contributed by atoms with Crippen molar-refractivity contribution in [1.29, 1.82) is 0 Å². The molecule has 3 rings (SSSR count). The fourth-order valence-electron chi connectivity index (χ4n) is 3.72. The number of rotatable bonds is 11. The van der Waals surface area contributed by atoms with Crippen LogP contribution in [0, 0.1) is 0 Å². The van der Waals surface area contributed by atoms with Gasteiger partial charge in [-0.3, -0.25) is 0 Å². The van der Waals surface area contributed by atoms with Crippen molar-refractivity contribution in [3.63, 3.8) is 0 Å². The van der Waals surface area contributed by atoms with Gasteiger partial charge in [0.1, 0.15) is 5.60 Å². The SMILES string of the molecule is BrCCCCCCCOC(c1ccccc1)(c1ccccc1)c1ccccc1. The molecule has 0 heterocycles. The normalized spacial score (nSPS) is 11.5. The highest BCUT2D eigenvalue weighted by molar-refractivity contribution is 9.09. The van der Waals surface area contributed by atoms with Crippen molar-refractivity contribution in [3.8, 4) is 0 Å². The van der Waals surface area contributed by atoms with E-state index in [1.165, 1.54) is 42.4 Å². The third-order valence-corrected chi connectivity index (χ3v) is 5.70. The lowest BCUT2D eigenvalue weighted by Gasteiger charge is -2.36. The van der Waals surface area contributed by atoms with Crippen molar-refractivity contribution >= 4 is 15.9 Å². The Morgan fingerprint density at radius 1 is 0.536 bits per heavy atom. The Morgan fingerprint density at radius 3 is 1.36 bits per heavy atom. The second-order valence-corrected chi connectivity index (χ2v) is 7.88. The van der Waals surface area contributed by atoms with Crippen molar-refractivity contribution in [3.05, 3.63) is 108 Å². The Balaban J connectivity index is 1.91. The van der Waals surface area contributed by atoms with Crippen LogP contribution in [0.15, 0.2) is 91.0 Å². The van der Waals surface area contributed by atoms with Crippen LogP contribution in [0.25, 0.3) is 0 Å². The van der Waals surface area contributed by atoms with Gasteiger partial charge in [-0.1, -0.05) is 126 Å². The molecule has 0 saturated carbocycles. The molecule has 0 fully saturated rings. The summed E-state index contributed by atoms with van der Waals surface area (Å²) in [6.07, 6.45) is 6.09. The molecule has 0 aliphatic rings. The summed E-state index contributed by atoms with van der Waals surface area (Å²) in [5.74, 6) is 0. The Labute approximate surface area is 177 Å². The number of hydrogen-bond donors (Lipinski definition) is 0. The third kappa shape index (κ3) is 5.12. The average Bonchev–Trinajstić information content (AvgIpc) is 2.78. The summed E-state index contributed by atoms with van der Waals surface area (Å²) < 4.78 is 6.79. The summed E-state index contributed by atoms with van der Waals surface area (Å²) >= 11 is 3.51. The van der Waals surface area contributed by atoms with Crippen molar-refractivity contribution < 1.29 is 4.74 Å². The molecule has 0 aromatic heterocycles. The predicted octanol–water partition coefficient (Wildman–Crippen LogP) is 7.34. The van der Waals surface area contributed by atoms with E-state index in [2.05, 4.69) is 107 Å². The molecule has 0 aliphatic heterocycles. The van der Waals surface area contributed by atoms with Gasteiger partial charge < -0.3 is 4.74 Å². The third-order valence-electron chi connectivity index (χ3n) is 5.14. The van der Waals surface area contributed by atoms with E-state index < -0.39 is 5.60 Å². The molecule has 0 amide bonds. The average molecular weight is 437 g/mol. The van der Waals surface area contributed by atoms with Gasteiger partial charge >= 0.3 is 0 Å². The molecule has 28 heavy (non-hydrogen) atoms. The number of halogens is 1. The number of ether oxygens (including phenoxy) is 1. The maximum Gasteiger partial charge on any atom is 0.143 e. The summed E-state index contributed by atoms with van der Waals surface area (Å²) in [5.41, 5.74) is 2.93. The van der Waals surface area contributed by atoms with Crippen LogP contribution in [0.5, 0.6) is 0 Å². The highest BCUT2D eigenvalue weighted by Crippen LogP contribution is 2.40. The highest BCUT2D eigenvalue weighted by atomic mass is 79.9. The fourth-order valence-corrected chi connectivity index (χ4v) is 4.12. The first-order valence-corrected chi connectivity index (χ1v) is 11.4. The first kappa shape index (κ1) is 20.8. The molecule has 0 saturated heterocycles. The zero-order valence-electron chi connectivity index (χ0n) is 16.4. The van der Waals surface area contributed by atoms with Crippen molar-refractivity contribution in [1.82, 2.24) is 0 Å². The maximum atomic E-state index is 6.79. The van der Waals surface area contributed by atoms with Gasteiger partial charge in [-0.15, -0.1) is 0 Å². The van der Waals surface area contributed by atoms with E-state index in [-0.39, 0.29) is 0 Å². The number of unbranched alkanes of at least 4 members (excludes halogenated alkanes) is 4. The lowest BCUT2D eigenvalue weighted by molar-refractivity contribution is 0.0106. The minimum Gasteiger partial charge on any atom is -0.361 e. The number of alkyl halides is 1. The Bertz CT molecular complexity index is 690. The zero-order chi connectivity index (χ0) is 19.5. The minimum atomic E-state index is -0.584. The molecule has 3 aromatic carbocycles. The van der Waals surface area contributed by atoms with Crippen molar-refractivity contribution in [2.75, 3.05) is 11.9 Å². The second kappa shape index (κ2) is 11.2. The molecule has 0 aliphatic carbocycles. The molecule has 0 atom stereocenters. The standard InChI is InChI=1S/C26H29BrO/c27-21-13-2-1-3-14-22-28-26(23-15-7-4-8-16-23,24-17-9-5-10-18-24)25-19-11-6-12-20-25/h4-12,15-20H,1-3,13-14,21-22H2. The van der Waals surface area contributed by atoms with Crippen molar-refractivity contribution in [2.24, 2.45) is 0 Å². The van der Waals surface area contributed by atoms with Gasteiger partial charge in [-0.05, 0) is 29.5 Å². The quantitative estimate of drug-likeness (QED) is 0.173. The first-order chi connectivity index (χ1) is 13.9. The van der Waals surface area contributed by atoms with E-state index in [4.69, 9.17) is 4.74 Å². The molecule has 0 N–H and O–H groups in total. The van der Waals surface area contributed by atoms with Crippen molar-refractivity contribution in [2.45, 2.75) is 37.7 Å². The summed E-state index contributed by atoms with van der Waals surface area (Å²) in [4.78, 5) is 0. The van der Waals surface area contributed by atoms with Crippen LogP contribution in [0.1, 0.15) is 48.8 Å². The molecule has 0 spiro atoms. The van der Waals surface area contributed by atoms with Crippen LogP contribution < -0.4 is 0 Å². The summed E-state index contributed by atoms with van der Waals surface area (Å²) in [7, 11) is 0. The first-order valence-electron chi connectivity index (χ1n) is 10.2. The molecule has 3 aromatic rings. The maximum absolute atomic E-state index is 6.79. The Hall–Kier alpha value is -1.90. The summed E-state index contributed by atoms with van der Waals surface area (Å²) in [5, 5.41) is 1.10. The molecule has 1 nitrogen and oxygen atoms in total. The minimum absolute atomic E-state index is 0.584. The Morgan fingerprint density at radius 2 is 0.929 bits per heavy atom. The molecule has 0 unspecified atom stereocenters. The van der Waals surface area contributed by atoms with Crippen LogP contribution in [-0.4, -0.2) is 11.9 Å². The van der Waals surface area contributed by atoms with E-state index in [0.717, 1.165) is 18.4 Å². The monoisotopic (exact) mass is 436 g/mol. The van der Waals surface area contributed by atoms with Crippen LogP contribution in [-0.2, 0) is 10.3 Å². The van der Waals surface area contributed by atoms with Gasteiger partial charge in [-0.2, -0.15) is 0 Å². The topological polar surface area (TPSA) is 9.23 Å². The van der Waals surface area contributed by atoms with E-state index >= 15 is 0 Å². The molecule has 0 radical (unpaired) electrons. The largest absolute Gasteiger partial charge is 0.361 e. The van der Waals surface area contributed by atoms with Gasteiger partial charge in [0.2, 0.25) is 0 Å². The molecule has 146 valence electrons. The van der Waals surface area contributed by atoms with Gasteiger partial charge in [0.05, 0.1) is 0 Å². The van der Waals surface area contributed by atoms with Crippen LogP contribution in [0.2, 0.25) is 0 Å². The van der Waals surface area contributed by atoms with Crippen LogP contribution in [0.4, 0.5) is 0 Å². The number of benzene rings is 3. The van der Waals surface area contributed by atoms with Gasteiger partial charge in [0, 0.05) is 11.9 Å². The Kier molecular flexibility index (Phi) is 8.32. The van der Waals surface area contributed by atoms with Crippen LogP contribution >= 0.6 is 15.9 Å². The van der Waals surface area contributed by atoms with E-state index in [0.29, 0.717) is 0 Å². The second-order valence-electron chi connectivity index (χ2n) is 7.08. The fraction of sp³-hybridized carbons (Fsp3) is 0.308. The zero-order valence-corrected chi connectivity index (χ0v) is 18.0. The number of hydrogen-bond acceptors (Lipinski definition) is 1. The van der Waals surface area contributed by atoms with Gasteiger partial charge in [-0.25, -0.2) is 0 Å².